The topological polar surface area (TPSA) is 32.3 Å². The van der Waals surface area contributed by atoms with Gasteiger partial charge in [0.2, 0.25) is 5.91 Å². The summed E-state index contributed by atoms with van der Waals surface area (Å²) in [5.41, 5.74) is 4.13. The minimum Gasteiger partial charge on any atom is -0.366 e. The summed E-state index contributed by atoms with van der Waals surface area (Å²) in [5, 5.41) is 2.95. The van der Waals surface area contributed by atoms with Gasteiger partial charge in [0, 0.05) is 27.7 Å². The molecule has 27 heavy (non-hydrogen) atoms. The number of hydrogen-bond donors (Lipinski definition) is 1. The van der Waals surface area contributed by atoms with E-state index in [1.54, 1.807) is 12.1 Å². The Kier molecular flexibility index (Phi) is 4.94. The molecule has 0 spiro atoms. The fourth-order valence-electron chi connectivity index (χ4n) is 3.46. The molecule has 1 aliphatic rings. The first-order valence-corrected chi connectivity index (χ1v) is 9.86. The summed E-state index contributed by atoms with van der Waals surface area (Å²) < 4.78 is 13.0. The number of rotatable bonds is 5. The van der Waals surface area contributed by atoms with Gasteiger partial charge in [-0.1, -0.05) is 12.1 Å². The maximum absolute atomic E-state index is 13.0. The standard InChI is InChI=1S/C22H21FN2OS/c1-15-2-8-20(27-15)14-25-11-10-17-13-19(7-9-21(17)25)24-22(26)12-16-3-5-18(23)6-4-16/h2-9,13H,10-12,14H2,1H3,(H,24,26). The zero-order valence-corrected chi connectivity index (χ0v) is 16.0. The van der Waals surface area contributed by atoms with Gasteiger partial charge in [-0.25, -0.2) is 4.39 Å². The minimum absolute atomic E-state index is 0.0922. The normalized spacial score (nSPS) is 12.9. The second-order valence-electron chi connectivity index (χ2n) is 6.88. The Morgan fingerprint density at radius 2 is 1.96 bits per heavy atom. The largest absolute Gasteiger partial charge is 0.366 e. The van der Waals surface area contributed by atoms with Gasteiger partial charge in [-0.2, -0.15) is 0 Å². The molecule has 5 heteroatoms. The van der Waals surface area contributed by atoms with E-state index in [4.69, 9.17) is 0 Å². The van der Waals surface area contributed by atoms with Gasteiger partial charge >= 0.3 is 0 Å². The van der Waals surface area contributed by atoms with Crippen molar-refractivity contribution in [2.45, 2.75) is 26.3 Å². The van der Waals surface area contributed by atoms with E-state index in [-0.39, 0.29) is 18.1 Å². The maximum atomic E-state index is 13.0. The molecule has 0 saturated heterocycles. The van der Waals surface area contributed by atoms with E-state index in [1.807, 2.05) is 17.4 Å². The van der Waals surface area contributed by atoms with Crippen molar-refractivity contribution >= 4 is 28.6 Å². The molecule has 2 heterocycles. The zero-order valence-electron chi connectivity index (χ0n) is 15.2. The molecule has 4 rings (SSSR count). The number of amides is 1. The lowest BCUT2D eigenvalue weighted by Crippen LogP contribution is -2.18. The third kappa shape index (κ3) is 4.19. The molecule has 1 aliphatic heterocycles. The van der Waals surface area contributed by atoms with Crippen LogP contribution in [0.25, 0.3) is 0 Å². The van der Waals surface area contributed by atoms with Gasteiger partial charge in [0.05, 0.1) is 13.0 Å². The number of fused-ring (bicyclic) bond motifs is 1. The van der Waals surface area contributed by atoms with Crippen molar-refractivity contribution in [3.63, 3.8) is 0 Å². The monoisotopic (exact) mass is 380 g/mol. The molecular weight excluding hydrogens is 359 g/mol. The average molecular weight is 380 g/mol. The van der Waals surface area contributed by atoms with Crippen molar-refractivity contribution < 1.29 is 9.18 Å². The lowest BCUT2D eigenvalue weighted by molar-refractivity contribution is -0.115. The molecule has 0 saturated carbocycles. The molecule has 0 radical (unpaired) electrons. The third-order valence-electron chi connectivity index (χ3n) is 4.78. The summed E-state index contributed by atoms with van der Waals surface area (Å²) in [6, 6.07) is 16.5. The van der Waals surface area contributed by atoms with Crippen LogP contribution in [0.4, 0.5) is 15.8 Å². The van der Waals surface area contributed by atoms with Crippen LogP contribution in [-0.4, -0.2) is 12.5 Å². The number of halogens is 1. The van der Waals surface area contributed by atoms with E-state index in [1.165, 1.54) is 33.1 Å². The minimum atomic E-state index is -0.292. The maximum Gasteiger partial charge on any atom is 0.228 e. The summed E-state index contributed by atoms with van der Waals surface area (Å²) in [5.74, 6) is -0.384. The van der Waals surface area contributed by atoms with Crippen molar-refractivity contribution in [3.8, 4) is 0 Å². The Bertz CT molecular complexity index is 965. The van der Waals surface area contributed by atoms with Crippen LogP contribution < -0.4 is 10.2 Å². The van der Waals surface area contributed by atoms with Crippen LogP contribution >= 0.6 is 11.3 Å². The van der Waals surface area contributed by atoms with Crippen LogP contribution in [0.5, 0.6) is 0 Å². The van der Waals surface area contributed by atoms with E-state index < -0.39 is 0 Å². The molecule has 2 aromatic carbocycles. The average Bonchev–Trinajstić information content (AvgIpc) is 3.23. The van der Waals surface area contributed by atoms with Gasteiger partial charge in [-0.15, -0.1) is 11.3 Å². The molecule has 0 bridgehead atoms. The van der Waals surface area contributed by atoms with Crippen LogP contribution in [-0.2, 0) is 24.2 Å². The van der Waals surface area contributed by atoms with Crippen LogP contribution in [0.3, 0.4) is 0 Å². The molecule has 0 unspecified atom stereocenters. The first-order chi connectivity index (χ1) is 13.1. The summed E-state index contributed by atoms with van der Waals surface area (Å²) in [7, 11) is 0. The van der Waals surface area contributed by atoms with Crippen molar-refractivity contribution in [3.05, 3.63) is 81.3 Å². The van der Waals surface area contributed by atoms with E-state index in [0.717, 1.165) is 30.8 Å². The first-order valence-electron chi connectivity index (χ1n) is 9.04. The van der Waals surface area contributed by atoms with Gasteiger partial charge in [-0.3, -0.25) is 4.79 Å². The number of thiophene rings is 1. The number of anilines is 2. The summed E-state index contributed by atoms with van der Waals surface area (Å²) >= 11 is 1.84. The Labute approximate surface area is 162 Å². The van der Waals surface area contributed by atoms with Crippen LogP contribution in [0.2, 0.25) is 0 Å². The molecule has 3 nitrogen and oxygen atoms in total. The van der Waals surface area contributed by atoms with Crippen LogP contribution in [0, 0.1) is 12.7 Å². The first kappa shape index (κ1) is 17.7. The summed E-state index contributed by atoms with van der Waals surface area (Å²) in [6.45, 7) is 4.06. The second-order valence-corrected chi connectivity index (χ2v) is 8.25. The Morgan fingerprint density at radius 1 is 1.15 bits per heavy atom. The lowest BCUT2D eigenvalue weighted by atomic mass is 10.1. The highest BCUT2D eigenvalue weighted by Gasteiger charge is 2.20. The third-order valence-corrected chi connectivity index (χ3v) is 5.76. The summed E-state index contributed by atoms with van der Waals surface area (Å²) in [6.07, 6.45) is 1.22. The van der Waals surface area contributed by atoms with Gasteiger partial charge < -0.3 is 10.2 Å². The number of nitrogens with zero attached hydrogens (tertiary/aromatic N) is 1. The number of hydrogen-bond acceptors (Lipinski definition) is 3. The Balaban J connectivity index is 1.41. The molecule has 0 aliphatic carbocycles. The molecule has 3 aromatic rings. The van der Waals surface area contributed by atoms with Gasteiger partial charge in [0.25, 0.3) is 0 Å². The van der Waals surface area contributed by atoms with E-state index >= 15 is 0 Å². The van der Waals surface area contributed by atoms with Gasteiger partial charge in [-0.05, 0) is 66.9 Å². The molecular formula is C22H21FN2OS. The van der Waals surface area contributed by atoms with Crippen molar-refractivity contribution in [1.82, 2.24) is 0 Å². The van der Waals surface area contributed by atoms with E-state index in [9.17, 15) is 9.18 Å². The number of carbonyl (C=O) groups excluding carboxylic acids is 1. The number of carbonyl (C=O) groups is 1. The zero-order chi connectivity index (χ0) is 18.8. The molecule has 0 atom stereocenters. The van der Waals surface area contributed by atoms with E-state index in [2.05, 4.69) is 41.4 Å². The van der Waals surface area contributed by atoms with Crippen LogP contribution in [0.15, 0.2) is 54.6 Å². The smallest absolute Gasteiger partial charge is 0.228 e. The van der Waals surface area contributed by atoms with Crippen molar-refractivity contribution in [1.29, 1.82) is 0 Å². The number of aryl methyl sites for hydroxylation is 1. The summed E-state index contributed by atoms with van der Waals surface area (Å²) in [4.78, 5) is 17.4. The van der Waals surface area contributed by atoms with Gasteiger partial charge in [0.1, 0.15) is 5.82 Å². The van der Waals surface area contributed by atoms with Crippen molar-refractivity contribution in [2.24, 2.45) is 0 Å². The highest BCUT2D eigenvalue weighted by Crippen LogP contribution is 2.32. The molecule has 1 aromatic heterocycles. The highest BCUT2D eigenvalue weighted by atomic mass is 32.1. The SMILES string of the molecule is Cc1ccc(CN2CCc3cc(NC(=O)Cc4ccc(F)cc4)ccc32)s1. The quantitative estimate of drug-likeness (QED) is 0.680. The Morgan fingerprint density at radius 3 is 2.70 bits per heavy atom. The molecule has 0 fully saturated rings. The fourth-order valence-corrected chi connectivity index (χ4v) is 4.37. The Hall–Kier alpha value is -2.66. The van der Waals surface area contributed by atoms with E-state index in [0.29, 0.717) is 0 Å². The van der Waals surface area contributed by atoms with Crippen molar-refractivity contribution in [2.75, 3.05) is 16.8 Å². The molecule has 138 valence electrons. The van der Waals surface area contributed by atoms with Gasteiger partial charge in [0.15, 0.2) is 0 Å². The lowest BCUT2D eigenvalue weighted by Gasteiger charge is -2.18. The predicted molar refractivity (Wildman–Crippen MR) is 109 cm³/mol. The van der Waals surface area contributed by atoms with Crippen LogP contribution in [0.1, 0.15) is 20.9 Å². The predicted octanol–water partition coefficient (Wildman–Crippen LogP) is 4.94. The fraction of sp³-hybridized carbons (Fsp3) is 0.227. The highest BCUT2D eigenvalue weighted by molar-refractivity contribution is 7.11. The number of benzene rings is 2. The number of nitrogens with one attached hydrogen (secondary N) is 1. The molecule has 1 N–H and O–H groups in total. The molecule has 1 amide bonds. The second kappa shape index (κ2) is 7.53.